The number of benzene rings is 2. The zero-order chi connectivity index (χ0) is 14.7. The molecule has 0 fully saturated rings. The van der Waals surface area contributed by atoms with Crippen LogP contribution in [0.1, 0.15) is 17.0 Å². The summed E-state index contributed by atoms with van der Waals surface area (Å²) in [6, 6.07) is 14.9. The summed E-state index contributed by atoms with van der Waals surface area (Å²) in [5.41, 5.74) is 2.13. The molecule has 0 bridgehead atoms. The van der Waals surface area contributed by atoms with E-state index in [9.17, 15) is 4.39 Å². The Labute approximate surface area is 131 Å². The lowest BCUT2D eigenvalue weighted by molar-refractivity contribution is 0.622. The van der Waals surface area contributed by atoms with Crippen molar-refractivity contribution in [3.05, 3.63) is 88.2 Å². The third-order valence-corrected chi connectivity index (χ3v) is 3.85. The quantitative estimate of drug-likeness (QED) is 0.684. The topological polar surface area (TPSA) is 17.8 Å². The molecule has 0 aliphatic carbocycles. The molecule has 0 radical (unpaired) electrons. The van der Waals surface area contributed by atoms with Gasteiger partial charge in [-0.25, -0.2) is 9.37 Å². The number of nitrogens with zero attached hydrogens (tertiary/aromatic N) is 2. The van der Waals surface area contributed by atoms with Crippen LogP contribution in [0.3, 0.4) is 0 Å². The van der Waals surface area contributed by atoms with Crippen LogP contribution in [0.2, 0.25) is 0 Å². The molecule has 0 spiro atoms. The summed E-state index contributed by atoms with van der Waals surface area (Å²) in [7, 11) is 0. The van der Waals surface area contributed by atoms with E-state index in [-0.39, 0.29) is 5.82 Å². The largest absolute Gasteiger partial charge is 0.330 e. The van der Waals surface area contributed by atoms with Gasteiger partial charge in [-0.1, -0.05) is 40.2 Å². The van der Waals surface area contributed by atoms with Crippen LogP contribution in [0.5, 0.6) is 0 Å². The SMILES string of the molecule is Fc1cccc(Cn2ccnc2Cc2ccc(Br)cc2)c1. The molecule has 2 nitrogen and oxygen atoms in total. The van der Waals surface area contributed by atoms with Gasteiger partial charge in [0.05, 0.1) is 0 Å². The third kappa shape index (κ3) is 3.58. The summed E-state index contributed by atoms with van der Waals surface area (Å²) < 4.78 is 16.4. The Morgan fingerprint density at radius 2 is 1.86 bits per heavy atom. The number of hydrogen-bond donors (Lipinski definition) is 0. The minimum atomic E-state index is -0.206. The van der Waals surface area contributed by atoms with Crippen molar-refractivity contribution >= 4 is 15.9 Å². The van der Waals surface area contributed by atoms with E-state index in [4.69, 9.17) is 0 Å². The highest BCUT2D eigenvalue weighted by atomic mass is 79.9. The van der Waals surface area contributed by atoms with Gasteiger partial charge in [0.1, 0.15) is 11.6 Å². The Hall–Kier alpha value is -1.94. The van der Waals surface area contributed by atoms with Crippen LogP contribution in [0.4, 0.5) is 4.39 Å². The fourth-order valence-electron chi connectivity index (χ4n) is 2.27. The van der Waals surface area contributed by atoms with Gasteiger partial charge >= 0.3 is 0 Å². The maximum absolute atomic E-state index is 13.3. The van der Waals surface area contributed by atoms with Crippen molar-refractivity contribution in [2.24, 2.45) is 0 Å². The minimum Gasteiger partial charge on any atom is -0.330 e. The van der Waals surface area contributed by atoms with E-state index in [1.807, 2.05) is 24.4 Å². The smallest absolute Gasteiger partial charge is 0.123 e. The highest BCUT2D eigenvalue weighted by molar-refractivity contribution is 9.10. The molecule has 0 amide bonds. The number of hydrogen-bond acceptors (Lipinski definition) is 1. The van der Waals surface area contributed by atoms with E-state index in [1.54, 1.807) is 18.3 Å². The van der Waals surface area contributed by atoms with Crippen molar-refractivity contribution in [1.82, 2.24) is 9.55 Å². The number of rotatable bonds is 4. The molecule has 4 heteroatoms. The highest BCUT2D eigenvalue weighted by Crippen LogP contribution is 2.14. The van der Waals surface area contributed by atoms with Crippen LogP contribution < -0.4 is 0 Å². The summed E-state index contributed by atoms with van der Waals surface area (Å²) in [6.45, 7) is 0.629. The van der Waals surface area contributed by atoms with E-state index >= 15 is 0 Å². The first-order valence-corrected chi connectivity index (χ1v) is 7.49. The molecule has 2 aromatic carbocycles. The van der Waals surface area contributed by atoms with Gasteiger partial charge in [-0.15, -0.1) is 0 Å². The Balaban J connectivity index is 1.79. The van der Waals surface area contributed by atoms with Crippen LogP contribution in [0.25, 0.3) is 0 Å². The van der Waals surface area contributed by atoms with Gasteiger partial charge in [-0.05, 0) is 35.4 Å². The monoisotopic (exact) mass is 344 g/mol. The lowest BCUT2D eigenvalue weighted by Gasteiger charge is -2.08. The second-order valence-electron chi connectivity index (χ2n) is 4.90. The Kier molecular flexibility index (Phi) is 4.15. The average Bonchev–Trinajstić information content (AvgIpc) is 2.89. The molecule has 3 rings (SSSR count). The van der Waals surface area contributed by atoms with Crippen molar-refractivity contribution in [2.75, 3.05) is 0 Å². The van der Waals surface area contributed by atoms with E-state index < -0.39 is 0 Å². The summed E-state index contributed by atoms with van der Waals surface area (Å²) >= 11 is 3.43. The van der Waals surface area contributed by atoms with E-state index in [0.717, 1.165) is 22.3 Å². The summed E-state index contributed by atoms with van der Waals surface area (Å²) in [4.78, 5) is 4.41. The van der Waals surface area contributed by atoms with Gasteiger partial charge in [0.25, 0.3) is 0 Å². The number of imidazole rings is 1. The normalized spacial score (nSPS) is 10.8. The average molecular weight is 345 g/mol. The first-order valence-electron chi connectivity index (χ1n) is 6.69. The first kappa shape index (κ1) is 14.0. The predicted octanol–water partition coefficient (Wildman–Crippen LogP) is 4.42. The molecule has 0 saturated carbocycles. The van der Waals surface area contributed by atoms with Crippen molar-refractivity contribution in [1.29, 1.82) is 0 Å². The van der Waals surface area contributed by atoms with Crippen LogP contribution in [-0.2, 0) is 13.0 Å². The van der Waals surface area contributed by atoms with Gasteiger partial charge in [-0.2, -0.15) is 0 Å². The zero-order valence-electron chi connectivity index (χ0n) is 11.3. The molecule has 3 aromatic rings. The molecule has 0 N–H and O–H groups in total. The molecule has 106 valence electrons. The highest BCUT2D eigenvalue weighted by Gasteiger charge is 2.05. The first-order chi connectivity index (χ1) is 10.2. The standard InChI is InChI=1S/C17H14BrFN2/c18-15-6-4-13(5-7-15)11-17-20-8-9-21(17)12-14-2-1-3-16(19)10-14/h1-10H,11-12H2. The second-order valence-corrected chi connectivity index (χ2v) is 5.82. The summed E-state index contributed by atoms with van der Waals surface area (Å²) in [6.07, 6.45) is 4.47. The Bertz CT molecular complexity index is 735. The molecule has 0 saturated heterocycles. The van der Waals surface area contributed by atoms with E-state index in [0.29, 0.717) is 6.54 Å². The lowest BCUT2D eigenvalue weighted by Crippen LogP contribution is -2.05. The van der Waals surface area contributed by atoms with Crippen molar-refractivity contribution in [3.63, 3.8) is 0 Å². The molecule has 0 aliphatic heterocycles. The van der Waals surface area contributed by atoms with E-state index in [1.165, 1.54) is 11.6 Å². The van der Waals surface area contributed by atoms with Crippen LogP contribution in [0.15, 0.2) is 65.4 Å². The fraction of sp³-hybridized carbons (Fsp3) is 0.118. The summed E-state index contributed by atoms with van der Waals surface area (Å²) in [5, 5.41) is 0. The third-order valence-electron chi connectivity index (χ3n) is 3.32. The Morgan fingerprint density at radius 3 is 2.62 bits per heavy atom. The lowest BCUT2D eigenvalue weighted by atomic mass is 10.1. The molecule has 1 heterocycles. The fourth-order valence-corrected chi connectivity index (χ4v) is 2.53. The van der Waals surface area contributed by atoms with Crippen LogP contribution in [-0.4, -0.2) is 9.55 Å². The molecule has 21 heavy (non-hydrogen) atoms. The van der Waals surface area contributed by atoms with Gasteiger partial charge in [-0.3, -0.25) is 0 Å². The maximum Gasteiger partial charge on any atom is 0.123 e. The van der Waals surface area contributed by atoms with Gasteiger partial charge in [0.2, 0.25) is 0 Å². The molecule has 0 aliphatic rings. The van der Waals surface area contributed by atoms with E-state index in [2.05, 4.69) is 37.6 Å². The minimum absolute atomic E-state index is 0.206. The van der Waals surface area contributed by atoms with Crippen molar-refractivity contribution in [2.45, 2.75) is 13.0 Å². The maximum atomic E-state index is 13.3. The van der Waals surface area contributed by atoms with Crippen molar-refractivity contribution in [3.8, 4) is 0 Å². The predicted molar refractivity (Wildman–Crippen MR) is 84.7 cm³/mol. The van der Waals surface area contributed by atoms with Gasteiger partial charge < -0.3 is 4.57 Å². The molecule has 0 atom stereocenters. The zero-order valence-corrected chi connectivity index (χ0v) is 12.9. The Morgan fingerprint density at radius 1 is 1.05 bits per heavy atom. The van der Waals surface area contributed by atoms with Crippen molar-refractivity contribution < 1.29 is 4.39 Å². The summed E-state index contributed by atoms with van der Waals surface area (Å²) in [5.74, 6) is 0.767. The van der Waals surface area contributed by atoms with Crippen LogP contribution >= 0.6 is 15.9 Å². The van der Waals surface area contributed by atoms with Gasteiger partial charge in [0.15, 0.2) is 0 Å². The number of halogens is 2. The molecular formula is C17H14BrFN2. The van der Waals surface area contributed by atoms with Crippen LogP contribution in [0, 0.1) is 5.82 Å². The molecule has 1 aromatic heterocycles. The molecule has 0 unspecified atom stereocenters. The van der Waals surface area contributed by atoms with Gasteiger partial charge in [0, 0.05) is 29.8 Å². The molecular weight excluding hydrogens is 331 g/mol. The number of aromatic nitrogens is 2. The second kappa shape index (κ2) is 6.22.